The van der Waals surface area contributed by atoms with Crippen LogP contribution in [0.4, 0.5) is 11.5 Å². The largest absolute Gasteiger partial charge is 0.346 e. The molecule has 4 aromatic rings. The van der Waals surface area contributed by atoms with Crippen LogP contribution in [-0.2, 0) is 14.8 Å². The molecule has 1 aliphatic carbocycles. The first-order chi connectivity index (χ1) is 15.0. The number of hydrogen-bond acceptors (Lipinski definition) is 4. The molecule has 0 radical (unpaired) electrons. The van der Waals surface area contributed by atoms with E-state index in [1.165, 1.54) is 0 Å². The van der Waals surface area contributed by atoms with Crippen molar-refractivity contribution in [1.29, 1.82) is 0 Å². The second-order valence-corrected chi connectivity index (χ2v) is 9.24. The summed E-state index contributed by atoms with van der Waals surface area (Å²) in [4.78, 5) is 20.0. The van der Waals surface area contributed by atoms with Crippen LogP contribution in [0.25, 0.3) is 22.2 Å². The van der Waals surface area contributed by atoms with Gasteiger partial charge in [-0.1, -0.05) is 30.3 Å². The number of hydrogen-bond donors (Lipinski definition) is 3. The van der Waals surface area contributed by atoms with E-state index >= 15 is 0 Å². The molecule has 0 saturated heterocycles. The third-order valence-electron chi connectivity index (χ3n) is 5.23. The van der Waals surface area contributed by atoms with Gasteiger partial charge in [-0.25, -0.2) is 13.4 Å². The van der Waals surface area contributed by atoms with Crippen molar-refractivity contribution in [3.05, 3.63) is 72.9 Å². The Morgan fingerprint density at radius 1 is 1.00 bits per heavy atom. The molecule has 1 amide bonds. The molecule has 2 aromatic carbocycles. The Bertz CT molecular complexity index is 1360. The minimum Gasteiger partial charge on any atom is -0.346 e. The Kier molecular flexibility index (Phi) is 4.71. The molecule has 7 nitrogen and oxygen atoms in total. The summed E-state index contributed by atoms with van der Waals surface area (Å²) >= 11 is 0. The van der Waals surface area contributed by atoms with Crippen molar-refractivity contribution in [2.45, 2.75) is 17.7 Å². The fraction of sp³-hybridized carbons (Fsp3) is 0.130. The van der Waals surface area contributed by atoms with Crippen LogP contribution in [0.2, 0.25) is 0 Å². The highest BCUT2D eigenvalue weighted by Crippen LogP contribution is 2.33. The monoisotopic (exact) mass is 432 g/mol. The molecule has 3 N–H and O–H groups in total. The van der Waals surface area contributed by atoms with Crippen LogP contribution in [0.15, 0.2) is 77.8 Å². The van der Waals surface area contributed by atoms with E-state index in [1.54, 1.807) is 48.7 Å². The highest BCUT2D eigenvalue weighted by Gasteiger charge is 2.30. The molecule has 1 saturated carbocycles. The van der Waals surface area contributed by atoms with Gasteiger partial charge in [-0.15, -0.1) is 0 Å². The summed E-state index contributed by atoms with van der Waals surface area (Å²) in [7, 11) is -3.65. The standard InChI is InChI=1S/C23H20N4O3S/c28-23(16-6-7-16)26-21-14-20(19-12-13-24-22(19)25-21)15-8-10-17(11-9-15)27-31(29,30)18-4-2-1-3-5-18/h1-5,8-14,16,27H,6-7H2,(H2,24,25,26,28). The number of rotatable bonds is 6. The van der Waals surface area contributed by atoms with E-state index in [-0.39, 0.29) is 16.7 Å². The molecule has 2 aromatic heterocycles. The van der Waals surface area contributed by atoms with Crippen LogP contribution >= 0.6 is 0 Å². The first kappa shape index (κ1) is 19.3. The average Bonchev–Trinajstić information content (AvgIpc) is 3.52. The van der Waals surface area contributed by atoms with Gasteiger partial charge in [0.2, 0.25) is 5.91 Å². The lowest BCUT2D eigenvalue weighted by Crippen LogP contribution is -2.14. The van der Waals surface area contributed by atoms with Crippen LogP contribution in [0.5, 0.6) is 0 Å². The molecule has 31 heavy (non-hydrogen) atoms. The van der Waals surface area contributed by atoms with E-state index in [2.05, 4.69) is 20.0 Å². The zero-order valence-corrected chi connectivity index (χ0v) is 17.3. The van der Waals surface area contributed by atoms with E-state index < -0.39 is 10.0 Å². The Hall–Kier alpha value is -3.65. The van der Waals surface area contributed by atoms with Gasteiger partial charge in [-0.2, -0.15) is 0 Å². The van der Waals surface area contributed by atoms with Gasteiger partial charge in [-0.3, -0.25) is 9.52 Å². The van der Waals surface area contributed by atoms with Crippen molar-refractivity contribution in [3.8, 4) is 11.1 Å². The fourth-order valence-corrected chi connectivity index (χ4v) is 4.53. The van der Waals surface area contributed by atoms with Crippen molar-refractivity contribution in [3.63, 3.8) is 0 Å². The number of benzene rings is 2. The van der Waals surface area contributed by atoms with Crippen LogP contribution in [0.1, 0.15) is 12.8 Å². The molecule has 0 unspecified atom stereocenters. The van der Waals surface area contributed by atoms with Gasteiger partial charge in [0.05, 0.1) is 4.90 Å². The van der Waals surface area contributed by atoms with Gasteiger partial charge in [0, 0.05) is 23.2 Å². The molecule has 0 bridgehead atoms. The zero-order valence-electron chi connectivity index (χ0n) is 16.5. The summed E-state index contributed by atoms with van der Waals surface area (Å²) < 4.78 is 27.7. The minimum atomic E-state index is -3.65. The number of H-pyrrole nitrogens is 1. The Morgan fingerprint density at radius 2 is 1.74 bits per heavy atom. The Balaban J connectivity index is 1.44. The number of amides is 1. The number of pyridine rings is 1. The van der Waals surface area contributed by atoms with Crippen LogP contribution < -0.4 is 10.0 Å². The first-order valence-electron chi connectivity index (χ1n) is 9.97. The predicted molar refractivity (Wildman–Crippen MR) is 120 cm³/mol. The maximum Gasteiger partial charge on any atom is 0.261 e. The van der Waals surface area contributed by atoms with Crippen LogP contribution in [-0.4, -0.2) is 24.3 Å². The average molecular weight is 433 g/mol. The topological polar surface area (TPSA) is 104 Å². The molecular weight excluding hydrogens is 412 g/mol. The lowest BCUT2D eigenvalue weighted by Gasteiger charge is -2.11. The van der Waals surface area contributed by atoms with Gasteiger partial charge in [0.15, 0.2) is 0 Å². The highest BCUT2D eigenvalue weighted by molar-refractivity contribution is 7.92. The molecule has 8 heteroatoms. The second-order valence-electron chi connectivity index (χ2n) is 7.55. The molecular formula is C23H20N4O3S. The van der Waals surface area contributed by atoms with Crippen molar-refractivity contribution in [1.82, 2.24) is 9.97 Å². The summed E-state index contributed by atoms with van der Waals surface area (Å²) in [6, 6.07) is 19.1. The summed E-state index contributed by atoms with van der Waals surface area (Å²) in [5.41, 5.74) is 2.93. The third-order valence-corrected chi connectivity index (χ3v) is 6.63. The molecule has 156 valence electrons. The predicted octanol–water partition coefficient (Wildman–Crippen LogP) is 4.38. The van der Waals surface area contributed by atoms with E-state index in [0.717, 1.165) is 29.4 Å². The lowest BCUT2D eigenvalue weighted by atomic mass is 10.0. The smallest absolute Gasteiger partial charge is 0.261 e. The van der Waals surface area contributed by atoms with Gasteiger partial charge in [-0.05, 0) is 60.4 Å². The van der Waals surface area contributed by atoms with Gasteiger partial charge in [0.25, 0.3) is 10.0 Å². The SMILES string of the molecule is O=C(Nc1cc(-c2ccc(NS(=O)(=O)c3ccccc3)cc2)c2cc[nH]c2n1)C1CC1. The summed E-state index contributed by atoms with van der Waals surface area (Å²) in [6.07, 6.45) is 3.64. The number of anilines is 2. The summed E-state index contributed by atoms with van der Waals surface area (Å²) in [5.74, 6) is 0.576. The fourth-order valence-electron chi connectivity index (χ4n) is 3.45. The number of nitrogens with one attached hydrogen (secondary N) is 3. The number of nitrogens with zero attached hydrogens (tertiary/aromatic N) is 1. The molecule has 2 heterocycles. The number of carbonyl (C=O) groups is 1. The Labute approximate surface area is 179 Å². The van der Waals surface area contributed by atoms with Gasteiger partial charge < -0.3 is 10.3 Å². The quantitative estimate of drug-likeness (QED) is 0.421. The first-order valence-corrected chi connectivity index (χ1v) is 11.5. The van der Waals surface area contributed by atoms with Crippen molar-refractivity contribution in [2.75, 3.05) is 10.0 Å². The molecule has 1 fully saturated rings. The van der Waals surface area contributed by atoms with Gasteiger partial charge in [0.1, 0.15) is 11.5 Å². The normalized spacial score (nSPS) is 13.8. The molecule has 1 aliphatic rings. The number of aromatic nitrogens is 2. The summed E-state index contributed by atoms with van der Waals surface area (Å²) in [5, 5.41) is 3.81. The van der Waals surface area contributed by atoms with Gasteiger partial charge >= 0.3 is 0 Å². The number of aromatic amines is 1. The number of carbonyl (C=O) groups excluding carboxylic acids is 1. The van der Waals surface area contributed by atoms with Crippen molar-refractivity contribution >= 4 is 38.5 Å². The number of sulfonamides is 1. The van der Waals surface area contributed by atoms with Crippen molar-refractivity contribution < 1.29 is 13.2 Å². The van der Waals surface area contributed by atoms with E-state index in [9.17, 15) is 13.2 Å². The van der Waals surface area contributed by atoms with E-state index in [4.69, 9.17) is 0 Å². The maximum atomic E-state index is 12.5. The van der Waals surface area contributed by atoms with E-state index in [0.29, 0.717) is 17.2 Å². The van der Waals surface area contributed by atoms with E-state index in [1.807, 2.05) is 24.3 Å². The molecule has 0 spiro atoms. The minimum absolute atomic E-state index is 0.00461. The number of fused-ring (bicyclic) bond motifs is 1. The van der Waals surface area contributed by atoms with Crippen LogP contribution in [0, 0.1) is 5.92 Å². The lowest BCUT2D eigenvalue weighted by molar-refractivity contribution is -0.117. The second kappa shape index (κ2) is 7.55. The molecule has 0 atom stereocenters. The zero-order chi connectivity index (χ0) is 21.4. The maximum absolute atomic E-state index is 12.5. The highest BCUT2D eigenvalue weighted by atomic mass is 32.2. The Morgan fingerprint density at radius 3 is 2.45 bits per heavy atom. The summed E-state index contributed by atoms with van der Waals surface area (Å²) in [6.45, 7) is 0. The van der Waals surface area contributed by atoms with Crippen molar-refractivity contribution in [2.24, 2.45) is 5.92 Å². The van der Waals surface area contributed by atoms with Crippen LogP contribution in [0.3, 0.4) is 0 Å². The molecule has 0 aliphatic heterocycles. The third kappa shape index (κ3) is 4.02. The molecule has 5 rings (SSSR count).